The Bertz CT molecular complexity index is 3370. The van der Waals surface area contributed by atoms with Crippen molar-refractivity contribution in [3.63, 3.8) is 0 Å². The number of halogens is 6. The number of hydrogen-bond donors (Lipinski definition) is 7. The number of hydrogen-bond acceptors (Lipinski definition) is 7. The summed E-state index contributed by atoms with van der Waals surface area (Å²) >= 11 is 9.38. The third-order valence-corrected chi connectivity index (χ3v) is 30.0. The molecule has 3 amide bonds. The lowest BCUT2D eigenvalue weighted by Gasteiger charge is -2.10. The molecule has 0 aliphatic carbocycles. The number of aryl methyl sites for hydroxylation is 2. The van der Waals surface area contributed by atoms with Gasteiger partial charge in [0.2, 0.25) is 17.7 Å². The standard InChI is InChI=1S/C21H18F3N3O2.C17H12F3NO2.C4H8N2O.2CH4.S12/c22-12-3-1-11(2-4-12)19-14(15-9-13(23)10-16(24)20(15)27-19)5-6-18(28)26-17-7-8-25-21(17)29;18-10-3-1-9(2-4-10)16-12(5-6-15(22)23)13-7-11(19)8-14(20)17(13)21-16;5-3-1-2-6-4(3)7;;;1-3-5-7-9-11-12-10-8-6-4-2/h1-4,9-10,17,27H,5-8H2,(H,25,29)(H,26,28);1-4,7-8,21H,5-6H2,(H,22,23);3H,1-2,5H2,(H,6,7);2*1H4;/t17-;;3-;;;/m0.0.../s1. The van der Waals surface area contributed by atoms with Gasteiger partial charge >= 0.3 is 5.97 Å². The highest BCUT2D eigenvalue weighted by Gasteiger charge is 2.26. The molecule has 8 rings (SSSR count). The third kappa shape index (κ3) is 19.6. The molecule has 2 atom stereocenters. The Balaban J connectivity index is 0.000000284. The zero-order valence-electron chi connectivity index (χ0n) is 36.1. The molecule has 0 unspecified atom stereocenters. The maximum Gasteiger partial charge on any atom is 0.303 e. The quantitative estimate of drug-likeness (QED) is 0.0726. The number of carboxylic acids is 1. The number of aromatic nitrogens is 2. The molecule has 6 aromatic rings. The number of H-pyrrole nitrogens is 2. The summed E-state index contributed by atoms with van der Waals surface area (Å²) in [5.41, 5.74) is 8.66. The molecule has 2 saturated heterocycles. The average Bonchev–Trinajstić information content (AvgIpc) is 4.12. The minimum Gasteiger partial charge on any atom is -0.481 e. The van der Waals surface area contributed by atoms with Gasteiger partial charge in [-0.1, -0.05) is 14.9 Å². The van der Waals surface area contributed by atoms with E-state index in [9.17, 15) is 45.5 Å². The lowest BCUT2D eigenvalue weighted by molar-refractivity contribution is -0.137. The van der Waals surface area contributed by atoms with Crippen molar-refractivity contribution in [2.24, 2.45) is 5.73 Å². The van der Waals surface area contributed by atoms with Crippen LogP contribution in [0.1, 0.15) is 51.7 Å². The van der Waals surface area contributed by atoms with Crippen molar-refractivity contribution < 1.29 is 50.6 Å². The fourth-order valence-corrected chi connectivity index (χ4v) is 28.9. The highest BCUT2D eigenvalue weighted by Crippen LogP contribution is 2.35. The molecule has 2 aliphatic heterocycles. The van der Waals surface area contributed by atoms with Crippen molar-refractivity contribution in [2.75, 3.05) is 13.1 Å². The van der Waals surface area contributed by atoms with Gasteiger partial charge in [0.25, 0.3) is 0 Å². The van der Waals surface area contributed by atoms with E-state index in [4.69, 9.17) is 10.8 Å². The first-order valence-corrected chi connectivity index (χ1v) is 35.0. The van der Waals surface area contributed by atoms with Gasteiger partial charge in [0.05, 0.1) is 17.1 Å². The number of carbonyl (C=O) groups is 4. The van der Waals surface area contributed by atoms with Crippen molar-refractivity contribution >= 4 is 157 Å². The summed E-state index contributed by atoms with van der Waals surface area (Å²) < 4.78 is 82.0. The van der Waals surface area contributed by atoms with Crippen molar-refractivity contribution in [3.8, 4) is 22.5 Å². The summed E-state index contributed by atoms with van der Waals surface area (Å²) in [7, 11) is 16.3. The van der Waals surface area contributed by atoms with Crippen molar-refractivity contribution in [3.05, 3.63) is 119 Å². The number of amides is 3. The van der Waals surface area contributed by atoms with Gasteiger partial charge in [0, 0.05) is 171 Å². The predicted octanol–water partition coefficient (Wildman–Crippen LogP) is 7.54. The second-order valence-corrected chi connectivity index (χ2v) is 32.2. The molecule has 8 N–H and O–H groups in total. The molecule has 0 spiro atoms. The van der Waals surface area contributed by atoms with Gasteiger partial charge in [-0.3, -0.25) is 19.2 Å². The highest BCUT2D eigenvalue weighted by atomic mass is 33.4. The zero-order valence-corrected chi connectivity index (χ0v) is 45.9. The lowest BCUT2D eigenvalue weighted by Crippen LogP contribution is -2.40. The van der Waals surface area contributed by atoms with Gasteiger partial charge in [0.1, 0.15) is 40.9 Å². The van der Waals surface area contributed by atoms with Crippen molar-refractivity contribution in [1.82, 2.24) is 25.9 Å². The fourth-order valence-electron chi connectivity index (χ4n) is 6.97. The monoisotopic (exact) mass is 1240 g/mol. The molecule has 2 aromatic heterocycles. The summed E-state index contributed by atoms with van der Waals surface area (Å²) in [6, 6.07) is 14.2. The molecular formula is C44H46F6N6O5S12. The minimum absolute atomic E-state index is 0. The number of benzene rings is 4. The van der Waals surface area contributed by atoms with Crippen LogP contribution in [0.25, 0.3) is 44.3 Å². The van der Waals surface area contributed by atoms with Gasteiger partial charge in [-0.05, 0) is 109 Å². The van der Waals surface area contributed by atoms with Crippen molar-refractivity contribution in [1.29, 1.82) is 0 Å². The average molecular weight is 1240 g/mol. The van der Waals surface area contributed by atoms with E-state index in [1.54, 1.807) is 71.0 Å². The van der Waals surface area contributed by atoms with E-state index >= 15 is 0 Å². The molecule has 11 nitrogen and oxygen atoms in total. The topological polar surface area (TPSA) is 182 Å². The van der Waals surface area contributed by atoms with Gasteiger partial charge in [-0.15, -0.1) is 0 Å². The summed E-state index contributed by atoms with van der Waals surface area (Å²) in [5, 5.41) is 17.4. The van der Waals surface area contributed by atoms with Crippen LogP contribution in [0.15, 0.2) is 72.8 Å². The Morgan fingerprint density at radius 1 is 0.603 bits per heavy atom. The Hall–Kier alpha value is -3.98. The zero-order chi connectivity index (χ0) is 51.5. The number of fused-ring (bicyclic) bond motifs is 2. The molecule has 2 fully saturated rings. The van der Waals surface area contributed by atoms with E-state index in [1.165, 1.54) is 78.4 Å². The number of aromatic amines is 2. The largest absolute Gasteiger partial charge is 0.481 e. The summed E-state index contributed by atoms with van der Waals surface area (Å²) in [4.78, 5) is 50.9. The van der Waals surface area contributed by atoms with E-state index in [2.05, 4.69) is 48.3 Å². The fraction of sp³-hybridized carbons (Fsp3) is 0.273. The Kier molecular flexibility index (Phi) is 28.2. The van der Waals surface area contributed by atoms with E-state index in [-0.39, 0.29) is 75.3 Å². The number of nitrogens with one attached hydrogen (secondary N) is 5. The first-order valence-electron chi connectivity index (χ1n) is 20.3. The minimum atomic E-state index is -1.01. The second kappa shape index (κ2) is 32.5. The number of carboxylic acid groups (broad SMARTS) is 1. The van der Waals surface area contributed by atoms with Crippen LogP contribution < -0.4 is 21.7 Å². The maximum atomic E-state index is 14.3. The van der Waals surface area contributed by atoms with Gasteiger partial charge < -0.3 is 36.8 Å². The van der Waals surface area contributed by atoms with Crippen LogP contribution in [0.5, 0.6) is 0 Å². The van der Waals surface area contributed by atoms with Crippen LogP contribution >= 0.6 is 0 Å². The van der Waals surface area contributed by atoms with E-state index in [1.807, 2.05) is 0 Å². The number of aliphatic carboxylic acids is 1. The number of carbonyl (C=O) groups excluding carboxylic acids is 3. The maximum absolute atomic E-state index is 14.3. The lowest BCUT2D eigenvalue weighted by atomic mass is 10.0. The van der Waals surface area contributed by atoms with Gasteiger partial charge in [-0.2, -0.15) is 0 Å². The molecule has 73 heavy (non-hydrogen) atoms. The molecule has 2 aliphatic rings. The Morgan fingerprint density at radius 3 is 1.37 bits per heavy atom. The van der Waals surface area contributed by atoms with Crippen LogP contribution in [0.2, 0.25) is 0 Å². The first kappa shape index (κ1) is 63.3. The van der Waals surface area contributed by atoms with Gasteiger partial charge in [-0.25, -0.2) is 26.3 Å². The normalized spacial score (nSPS) is 14.0. The van der Waals surface area contributed by atoms with Crippen LogP contribution in [0, 0.1) is 34.9 Å². The van der Waals surface area contributed by atoms with Crippen LogP contribution in [0.4, 0.5) is 26.3 Å². The molecule has 0 radical (unpaired) electrons. The summed E-state index contributed by atoms with van der Waals surface area (Å²) in [6.45, 7) is 1.26. The Labute approximate surface area is 454 Å². The molecule has 396 valence electrons. The molecule has 4 aromatic carbocycles. The number of nitrogens with two attached hydrogens (primary N) is 1. The van der Waals surface area contributed by atoms with E-state index < -0.39 is 46.9 Å². The van der Waals surface area contributed by atoms with Crippen LogP contribution in [-0.2, 0) is 143 Å². The molecule has 0 saturated carbocycles. The van der Waals surface area contributed by atoms with E-state index in [0.29, 0.717) is 57.4 Å². The van der Waals surface area contributed by atoms with Crippen molar-refractivity contribution in [2.45, 2.75) is 65.5 Å². The number of rotatable bonds is 9. The third-order valence-electron chi connectivity index (χ3n) is 10.0. The Morgan fingerprint density at radius 2 is 1.01 bits per heavy atom. The summed E-state index contributed by atoms with van der Waals surface area (Å²) in [6.07, 6.45) is 1.46. The predicted molar refractivity (Wildman–Crippen MR) is 308 cm³/mol. The molecule has 29 heteroatoms. The summed E-state index contributed by atoms with van der Waals surface area (Å²) in [5.74, 6) is -5.39. The molecular weight excluding hydrogens is 1190 g/mol. The van der Waals surface area contributed by atoms with Crippen LogP contribution in [0.3, 0.4) is 0 Å². The van der Waals surface area contributed by atoms with E-state index in [0.717, 1.165) is 25.1 Å². The molecule has 0 bridgehead atoms. The first-order chi connectivity index (χ1) is 34.1. The molecule has 4 heterocycles. The SMILES string of the molecule is C.C.N[C@H]1CCNC1=O.O=C(CCc1c(-c2ccc(F)cc2)[nH]c2c(F)cc(F)cc12)N[C@H]1CCNC1=O.O=C(O)CCc1c(-c2ccc(F)cc2)[nH]c2c(F)cc(F)cc12.S=S=S=S=S=S=S=S=S=S=S=S. The second-order valence-electron chi connectivity index (χ2n) is 14.6. The smallest absolute Gasteiger partial charge is 0.303 e. The van der Waals surface area contributed by atoms with Gasteiger partial charge in [0.15, 0.2) is 0 Å². The van der Waals surface area contributed by atoms with Crippen LogP contribution in [-0.4, -0.2) is 63.9 Å². The highest BCUT2D eigenvalue weighted by molar-refractivity contribution is 8.75.